The Labute approximate surface area is 191 Å². The Hall–Kier alpha value is -3.33. The minimum absolute atomic E-state index is 0.0597. The first-order valence-corrected chi connectivity index (χ1v) is 11.3. The topological polar surface area (TPSA) is 96.3 Å². The quantitative estimate of drug-likeness (QED) is 0.584. The average molecular weight is 451 g/mol. The number of anilines is 1. The molecule has 0 spiro atoms. The van der Waals surface area contributed by atoms with Crippen molar-refractivity contribution >= 4 is 5.82 Å². The lowest BCUT2D eigenvalue weighted by atomic mass is 10.0. The molecular formula is C24H27FN6O2. The molecule has 5 rings (SSSR count). The lowest BCUT2D eigenvalue weighted by Gasteiger charge is -2.38. The van der Waals surface area contributed by atoms with E-state index in [0.29, 0.717) is 54.5 Å². The first-order valence-electron chi connectivity index (χ1n) is 11.3. The molecule has 3 atom stereocenters. The van der Waals surface area contributed by atoms with Crippen molar-refractivity contribution in [2.45, 2.75) is 43.9 Å². The van der Waals surface area contributed by atoms with Crippen LogP contribution in [0.15, 0.2) is 42.6 Å². The highest BCUT2D eigenvalue weighted by molar-refractivity contribution is 5.74. The zero-order chi connectivity index (χ0) is 22.8. The summed E-state index contributed by atoms with van der Waals surface area (Å²) in [4.78, 5) is 2.01. The van der Waals surface area contributed by atoms with Crippen LogP contribution in [0, 0.1) is 0 Å². The number of aromatic hydroxyl groups is 1. The summed E-state index contributed by atoms with van der Waals surface area (Å²) in [5.41, 5.74) is 2.44. The summed E-state index contributed by atoms with van der Waals surface area (Å²) in [6.45, 7) is 1.02. The number of hydrogen-bond donors (Lipinski definition) is 2. The average Bonchev–Trinajstić information content (AvgIpc) is 3.04. The second-order valence-corrected chi connectivity index (χ2v) is 8.54. The van der Waals surface area contributed by atoms with Crippen LogP contribution in [0.3, 0.4) is 0 Å². The maximum absolute atomic E-state index is 15.1. The SMILES string of the molecule is CN[C@@H]1CCC[C@H](F)[C@H](N2CCOc3cc(-c4ccc(-c5cccnn5)cc4O)nnc32)C1. The van der Waals surface area contributed by atoms with E-state index < -0.39 is 6.17 Å². The van der Waals surface area contributed by atoms with Gasteiger partial charge in [-0.25, -0.2) is 4.39 Å². The molecule has 0 unspecified atom stereocenters. The molecular weight excluding hydrogens is 423 g/mol. The number of alkyl halides is 1. The summed E-state index contributed by atoms with van der Waals surface area (Å²) in [7, 11) is 1.93. The number of aromatic nitrogens is 4. The molecule has 0 bridgehead atoms. The minimum Gasteiger partial charge on any atom is -0.507 e. The second kappa shape index (κ2) is 9.27. The number of ether oxygens (including phenoxy) is 1. The van der Waals surface area contributed by atoms with Crippen LogP contribution in [0.4, 0.5) is 10.2 Å². The number of rotatable bonds is 4. The molecule has 2 N–H and O–H groups in total. The van der Waals surface area contributed by atoms with Crippen molar-refractivity contribution in [2.75, 3.05) is 25.1 Å². The van der Waals surface area contributed by atoms with Crippen molar-refractivity contribution in [3.05, 3.63) is 42.6 Å². The van der Waals surface area contributed by atoms with Crippen molar-refractivity contribution in [3.63, 3.8) is 0 Å². The predicted molar refractivity (Wildman–Crippen MR) is 123 cm³/mol. The van der Waals surface area contributed by atoms with E-state index in [1.54, 1.807) is 30.5 Å². The van der Waals surface area contributed by atoms with E-state index in [4.69, 9.17) is 4.74 Å². The Morgan fingerprint density at radius 3 is 2.82 bits per heavy atom. The van der Waals surface area contributed by atoms with Crippen LogP contribution in [0.5, 0.6) is 11.5 Å². The smallest absolute Gasteiger partial charge is 0.194 e. The summed E-state index contributed by atoms with van der Waals surface area (Å²) in [6.07, 6.45) is 3.78. The molecule has 0 radical (unpaired) electrons. The number of nitrogens with zero attached hydrogens (tertiary/aromatic N) is 5. The lowest BCUT2D eigenvalue weighted by molar-refractivity contribution is 0.229. The van der Waals surface area contributed by atoms with E-state index in [0.717, 1.165) is 18.4 Å². The molecule has 1 aliphatic heterocycles. The van der Waals surface area contributed by atoms with Crippen molar-refractivity contribution in [2.24, 2.45) is 0 Å². The van der Waals surface area contributed by atoms with Crippen LogP contribution in [0.25, 0.3) is 22.5 Å². The number of phenolic OH excluding ortho intramolecular Hbond substituents is 1. The van der Waals surface area contributed by atoms with Crippen LogP contribution in [-0.4, -0.2) is 64.0 Å². The number of nitrogens with one attached hydrogen (secondary N) is 1. The molecule has 1 saturated carbocycles. The normalized spacial score (nSPS) is 22.8. The Bertz CT molecular complexity index is 1120. The van der Waals surface area contributed by atoms with Gasteiger partial charge in [-0.1, -0.05) is 6.07 Å². The Kier molecular flexibility index (Phi) is 6.04. The van der Waals surface area contributed by atoms with Crippen molar-refractivity contribution in [1.29, 1.82) is 0 Å². The molecule has 9 heteroatoms. The molecule has 172 valence electrons. The number of benzene rings is 1. The highest BCUT2D eigenvalue weighted by atomic mass is 19.1. The van der Waals surface area contributed by atoms with Gasteiger partial charge in [0.15, 0.2) is 11.6 Å². The number of phenols is 1. The fourth-order valence-corrected chi connectivity index (χ4v) is 4.74. The van der Waals surface area contributed by atoms with Gasteiger partial charge in [0.05, 0.1) is 18.3 Å². The molecule has 8 nitrogen and oxygen atoms in total. The largest absolute Gasteiger partial charge is 0.507 e. The van der Waals surface area contributed by atoms with Gasteiger partial charge in [0.2, 0.25) is 0 Å². The third-order valence-corrected chi connectivity index (χ3v) is 6.53. The van der Waals surface area contributed by atoms with Crippen LogP contribution in [0.1, 0.15) is 25.7 Å². The number of halogens is 1. The maximum atomic E-state index is 15.1. The number of fused-ring (bicyclic) bond motifs is 1. The van der Waals surface area contributed by atoms with Crippen LogP contribution >= 0.6 is 0 Å². The fourth-order valence-electron chi connectivity index (χ4n) is 4.74. The van der Waals surface area contributed by atoms with Gasteiger partial charge in [-0.05, 0) is 57.0 Å². The first kappa shape index (κ1) is 21.5. The summed E-state index contributed by atoms with van der Waals surface area (Å²) in [5.74, 6) is 1.18. The number of hydrogen-bond acceptors (Lipinski definition) is 8. The third-order valence-electron chi connectivity index (χ3n) is 6.53. The summed E-state index contributed by atoms with van der Waals surface area (Å²) in [6, 6.07) is 10.6. The summed E-state index contributed by atoms with van der Waals surface area (Å²) >= 11 is 0. The van der Waals surface area contributed by atoms with Gasteiger partial charge in [-0.3, -0.25) is 0 Å². The molecule has 1 aromatic carbocycles. The fraction of sp³-hybridized carbons (Fsp3) is 0.417. The summed E-state index contributed by atoms with van der Waals surface area (Å²) < 4.78 is 20.9. The second-order valence-electron chi connectivity index (χ2n) is 8.54. The highest BCUT2D eigenvalue weighted by Gasteiger charge is 2.36. The zero-order valence-electron chi connectivity index (χ0n) is 18.5. The van der Waals surface area contributed by atoms with Crippen molar-refractivity contribution in [3.8, 4) is 34.0 Å². The third kappa shape index (κ3) is 4.32. The molecule has 3 aromatic rings. The molecule has 2 aromatic heterocycles. The molecule has 33 heavy (non-hydrogen) atoms. The van der Waals surface area contributed by atoms with E-state index in [9.17, 15) is 5.11 Å². The minimum atomic E-state index is -0.923. The van der Waals surface area contributed by atoms with Crippen LogP contribution < -0.4 is 15.0 Å². The van der Waals surface area contributed by atoms with Gasteiger partial charge in [0.25, 0.3) is 0 Å². The maximum Gasteiger partial charge on any atom is 0.194 e. The summed E-state index contributed by atoms with van der Waals surface area (Å²) in [5, 5.41) is 30.7. The van der Waals surface area contributed by atoms with Crippen molar-refractivity contribution in [1.82, 2.24) is 25.7 Å². The molecule has 1 aliphatic carbocycles. The van der Waals surface area contributed by atoms with Gasteiger partial charge < -0.3 is 20.1 Å². The van der Waals surface area contributed by atoms with Crippen LogP contribution in [-0.2, 0) is 0 Å². The van der Waals surface area contributed by atoms with E-state index in [2.05, 4.69) is 25.7 Å². The molecule has 3 heterocycles. The monoisotopic (exact) mass is 450 g/mol. The van der Waals surface area contributed by atoms with Gasteiger partial charge in [-0.2, -0.15) is 10.2 Å². The Morgan fingerprint density at radius 1 is 1.12 bits per heavy atom. The van der Waals surface area contributed by atoms with E-state index in [1.807, 2.05) is 24.1 Å². The lowest BCUT2D eigenvalue weighted by Crippen LogP contribution is -2.48. The molecule has 1 fully saturated rings. The first-order chi connectivity index (χ1) is 16.1. The van der Waals surface area contributed by atoms with Crippen LogP contribution in [0.2, 0.25) is 0 Å². The molecule has 2 aliphatic rings. The Morgan fingerprint density at radius 2 is 2.03 bits per heavy atom. The van der Waals surface area contributed by atoms with E-state index in [1.165, 1.54) is 0 Å². The Balaban J connectivity index is 1.44. The standard InChI is InChI=1S/C24H27FN6O2/c1-26-16-4-2-5-18(25)21(13-16)31-10-11-33-23-14-20(29-30-24(23)31)17-8-7-15(12-22(17)32)19-6-3-9-27-28-19/h3,6-9,12,14,16,18,21,26,32H,2,4-5,10-11,13H2,1H3/t16-,18+,21-/m1/s1. The predicted octanol–water partition coefficient (Wildman–Crippen LogP) is 3.37. The molecule has 0 saturated heterocycles. The van der Waals surface area contributed by atoms with E-state index >= 15 is 4.39 Å². The molecule has 0 amide bonds. The van der Waals surface area contributed by atoms with Gasteiger partial charge in [-0.15, -0.1) is 10.2 Å². The zero-order valence-corrected chi connectivity index (χ0v) is 18.5. The van der Waals surface area contributed by atoms with Crippen molar-refractivity contribution < 1.29 is 14.2 Å². The van der Waals surface area contributed by atoms with Gasteiger partial charge in [0, 0.05) is 29.4 Å². The van der Waals surface area contributed by atoms with Gasteiger partial charge in [0.1, 0.15) is 24.2 Å². The van der Waals surface area contributed by atoms with Gasteiger partial charge >= 0.3 is 0 Å². The highest BCUT2D eigenvalue weighted by Crippen LogP contribution is 2.38. The van der Waals surface area contributed by atoms with E-state index in [-0.39, 0.29) is 17.8 Å².